The van der Waals surface area contributed by atoms with Crippen molar-refractivity contribution in [3.63, 3.8) is 0 Å². The Hall–Kier alpha value is -1.18. The summed E-state index contributed by atoms with van der Waals surface area (Å²) in [7, 11) is 0. The highest BCUT2D eigenvalue weighted by Crippen LogP contribution is 2.11. The maximum absolute atomic E-state index is 10.1. The number of hydrogen-bond donors (Lipinski definition) is 5. The number of aliphatic hydroxyl groups excluding tert-OH is 3. The van der Waals surface area contributed by atoms with Crippen LogP contribution in [0.1, 0.15) is 98.8 Å². The van der Waals surface area contributed by atoms with Crippen molar-refractivity contribution in [2.45, 2.75) is 98.8 Å². The van der Waals surface area contributed by atoms with Gasteiger partial charge in [0.2, 0.25) is 0 Å². The summed E-state index contributed by atoms with van der Waals surface area (Å²) in [6.45, 7) is 9.83. The molecule has 0 radical (unpaired) electrons. The molecule has 0 aromatic rings. The smallest absolute Gasteiger partial charge is 0.303 e. The molecule has 0 spiro atoms. The summed E-state index contributed by atoms with van der Waals surface area (Å²) < 4.78 is 0. The number of carboxylic acids is 2. The molecule has 0 atom stereocenters. The minimum Gasteiger partial charge on any atom is -0.481 e. The molecule has 0 aliphatic heterocycles. The summed E-state index contributed by atoms with van der Waals surface area (Å²) in [6.07, 6.45) is 9.24. The van der Waals surface area contributed by atoms with E-state index in [0.29, 0.717) is 12.8 Å². The van der Waals surface area contributed by atoms with Crippen molar-refractivity contribution in [3.05, 3.63) is 0 Å². The standard InChI is InChI=1S/2C9H18O2.C5H12O3/c2*1-8(2)6-4-3-5-7-9(10)11;1-5(2-6,3-7)4-8/h2*8H,3-7H2,1-2H3,(H,10,11);6-8H,2-4H2,1H3. The molecule has 0 bridgehead atoms. The zero-order chi connectivity index (χ0) is 24.0. The highest BCUT2D eigenvalue weighted by Gasteiger charge is 2.20. The molecule has 0 amide bonds. The van der Waals surface area contributed by atoms with Gasteiger partial charge in [-0.25, -0.2) is 0 Å². The van der Waals surface area contributed by atoms with Crippen LogP contribution in [0.4, 0.5) is 0 Å². The molecule has 0 rings (SSSR count). The molecule has 7 nitrogen and oxygen atoms in total. The van der Waals surface area contributed by atoms with Crippen molar-refractivity contribution in [1.29, 1.82) is 0 Å². The highest BCUT2D eigenvalue weighted by molar-refractivity contribution is 5.66. The third-order valence-corrected chi connectivity index (χ3v) is 4.49. The number of unbranched alkanes of at least 4 members (excludes halogenated alkanes) is 4. The topological polar surface area (TPSA) is 135 Å². The van der Waals surface area contributed by atoms with Crippen LogP contribution in [0.25, 0.3) is 0 Å². The van der Waals surface area contributed by atoms with E-state index in [1.54, 1.807) is 6.92 Å². The van der Waals surface area contributed by atoms with E-state index in [4.69, 9.17) is 25.5 Å². The van der Waals surface area contributed by atoms with Crippen LogP contribution in [-0.4, -0.2) is 57.3 Å². The maximum atomic E-state index is 10.1. The van der Waals surface area contributed by atoms with Crippen LogP contribution in [0.15, 0.2) is 0 Å². The van der Waals surface area contributed by atoms with Gasteiger partial charge in [-0.1, -0.05) is 73.1 Å². The van der Waals surface area contributed by atoms with Crippen molar-refractivity contribution in [2.24, 2.45) is 17.3 Å². The minimum atomic E-state index is -0.708. The van der Waals surface area contributed by atoms with Crippen LogP contribution < -0.4 is 0 Å². The second-order valence-electron chi connectivity index (χ2n) is 9.06. The third-order valence-electron chi connectivity index (χ3n) is 4.49. The largest absolute Gasteiger partial charge is 0.481 e. The summed E-state index contributed by atoms with van der Waals surface area (Å²) in [6, 6.07) is 0. The fourth-order valence-electron chi connectivity index (χ4n) is 2.16. The van der Waals surface area contributed by atoms with Crippen LogP contribution in [0.3, 0.4) is 0 Å². The fraction of sp³-hybridized carbons (Fsp3) is 0.913. The molecule has 0 aromatic carbocycles. The Labute approximate surface area is 183 Å². The molecule has 0 saturated carbocycles. The van der Waals surface area contributed by atoms with Crippen molar-refractivity contribution < 1.29 is 35.1 Å². The molecule has 0 saturated heterocycles. The number of carboxylic acid groups (broad SMARTS) is 2. The predicted molar refractivity (Wildman–Crippen MR) is 120 cm³/mol. The van der Waals surface area contributed by atoms with Gasteiger partial charge in [-0.15, -0.1) is 0 Å². The van der Waals surface area contributed by atoms with Gasteiger partial charge < -0.3 is 25.5 Å². The first-order valence-electron chi connectivity index (χ1n) is 11.2. The van der Waals surface area contributed by atoms with Crippen molar-refractivity contribution in [3.8, 4) is 0 Å². The Morgan fingerprint density at radius 2 is 0.933 bits per heavy atom. The van der Waals surface area contributed by atoms with Crippen molar-refractivity contribution in [1.82, 2.24) is 0 Å². The van der Waals surface area contributed by atoms with Crippen molar-refractivity contribution >= 4 is 11.9 Å². The van der Waals surface area contributed by atoms with Crippen LogP contribution in [-0.2, 0) is 9.59 Å². The summed E-state index contributed by atoms with van der Waals surface area (Å²) >= 11 is 0. The molecule has 0 unspecified atom stereocenters. The number of aliphatic carboxylic acids is 2. The average molecular weight is 437 g/mol. The fourth-order valence-corrected chi connectivity index (χ4v) is 2.16. The van der Waals surface area contributed by atoms with Gasteiger partial charge in [-0.05, 0) is 24.7 Å². The van der Waals surface area contributed by atoms with Gasteiger partial charge >= 0.3 is 11.9 Å². The number of aliphatic hydroxyl groups is 3. The second kappa shape index (κ2) is 22.5. The molecule has 0 aliphatic carbocycles. The van der Waals surface area contributed by atoms with Gasteiger partial charge in [-0.2, -0.15) is 0 Å². The predicted octanol–water partition coefficient (Wildman–Crippen LogP) is 4.32. The van der Waals surface area contributed by atoms with Crippen molar-refractivity contribution in [2.75, 3.05) is 19.8 Å². The van der Waals surface area contributed by atoms with E-state index in [1.807, 2.05) is 0 Å². The average Bonchev–Trinajstić information content (AvgIpc) is 2.67. The van der Waals surface area contributed by atoms with E-state index in [1.165, 1.54) is 25.7 Å². The Kier molecular flexibility index (Phi) is 25.1. The Morgan fingerprint density at radius 3 is 1.10 bits per heavy atom. The van der Waals surface area contributed by atoms with Gasteiger partial charge in [0.25, 0.3) is 0 Å². The summed E-state index contributed by atoms with van der Waals surface area (Å²) in [5, 5.41) is 42.0. The van der Waals surface area contributed by atoms with E-state index < -0.39 is 17.4 Å². The van der Waals surface area contributed by atoms with Gasteiger partial charge in [0.1, 0.15) is 0 Å². The van der Waals surface area contributed by atoms with E-state index in [-0.39, 0.29) is 19.8 Å². The molecule has 0 heterocycles. The molecule has 0 aromatic heterocycles. The van der Waals surface area contributed by atoms with Crippen LogP contribution in [0.5, 0.6) is 0 Å². The zero-order valence-corrected chi connectivity index (χ0v) is 19.9. The lowest BCUT2D eigenvalue weighted by Gasteiger charge is -2.20. The first kappa shape index (κ1) is 33.5. The minimum absolute atomic E-state index is 0.181. The summed E-state index contributed by atoms with van der Waals surface area (Å²) in [5.74, 6) is 0.156. The molecule has 30 heavy (non-hydrogen) atoms. The lowest BCUT2D eigenvalue weighted by molar-refractivity contribution is -0.138. The van der Waals surface area contributed by atoms with Gasteiger partial charge in [-0.3, -0.25) is 9.59 Å². The number of hydrogen-bond acceptors (Lipinski definition) is 5. The van der Waals surface area contributed by atoms with Crippen LogP contribution in [0, 0.1) is 17.3 Å². The van der Waals surface area contributed by atoms with Gasteiger partial charge in [0.15, 0.2) is 0 Å². The van der Waals surface area contributed by atoms with Crippen LogP contribution >= 0.6 is 0 Å². The van der Waals surface area contributed by atoms with E-state index >= 15 is 0 Å². The second-order valence-corrected chi connectivity index (χ2v) is 9.06. The van der Waals surface area contributed by atoms with E-state index in [2.05, 4.69) is 27.7 Å². The molecule has 182 valence electrons. The van der Waals surface area contributed by atoms with E-state index in [9.17, 15) is 9.59 Å². The first-order chi connectivity index (χ1) is 13.9. The number of carbonyl (C=O) groups is 2. The normalized spacial score (nSPS) is 10.9. The molecule has 7 heteroatoms. The quantitative estimate of drug-likeness (QED) is 0.241. The van der Waals surface area contributed by atoms with E-state index in [0.717, 1.165) is 37.5 Å². The molecule has 0 aliphatic rings. The van der Waals surface area contributed by atoms with Gasteiger partial charge in [0, 0.05) is 18.3 Å². The Bertz CT molecular complexity index is 355. The SMILES string of the molecule is CC(C)CCCCCC(=O)O.CC(C)CCCCCC(=O)O.CC(CO)(CO)CO. The molecule has 5 N–H and O–H groups in total. The molecule has 0 fully saturated rings. The van der Waals surface area contributed by atoms with Crippen LogP contribution in [0.2, 0.25) is 0 Å². The Balaban J connectivity index is -0.000000370. The monoisotopic (exact) mass is 436 g/mol. The third kappa shape index (κ3) is 31.5. The lowest BCUT2D eigenvalue weighted by atomic mass is 9.95. The summed E-state index contributed by atoms with van der Waals surface area (Å²) in [4.78, 5) is 20.2. The highest BCUT2D eigenvalue weighted by atomic mass is 16.4. The lowest BCUT2D eigenvalue weighted by Crippen LogP contribution is -2.29. The molecular formula is C23H48O7. The zero-order valence-electron chi connectivity index (χ0n) is 19.9. The van der Waals surface area contributed by atoms with Gasteiger partial charge in [0.05, 0.1) is 19.8 Å². The first-order valence-corrected chi connectivity index (χ1v) is 11.2. The Morgan fingerprint density at radius 1 is 0.633 bits per heavy atom. The summed E-state index contributed by atoms with van der Waals surface area (Å²) in [5.41, 5.74) is -0.708. The maximum Gasteiger partial charge on any atom is 0.303 e. The number of rotatable bonds is 15. The molecular weight excluding hydrogens is 388 g/mol.